The van der Waals surface area contributed by atoms with Gasteiger partial charge in [0.2, 0.25) is 0 Å². The number of allylic oxidation sites excluding steroid dienone is 1. The van der Waals surface area contributed by atoms with E-state index in [1.165, 1.54) is 26.8 Å². The van der Waals surface area contributed by atoms with Crippen molar-refractivity contribution in [2.24, 2.45) is 0 Å². The summed E-state index contributed by atoms with van der Waals surface area (Å²) in [6.07, 6.45) is -1.71. The van der Waals surface area contributed by atoms with E-state index in [0.29, 0.717) is 0 Å². The van der Waals surface area contributed by atoms with Gasteiger partial charge in [-0.2, -0.15) is 5.26 Å². The van der Waals surface area contributed by atoms with Crippen LogP contribution in [-0.2, 0) is 33.3 Å². The lowest BCUT2D eigenvalue weighted by atomic mass is 10.0. The maximum atomic E-state index is 11.2. The Hall–Kier alpha value is -2.56. The average Bonchev–Trinajstić information content (AvgIpc) is 2.37. The van der Waals surface area contributed by atoms with Gasteiger partial charge >= 0.3 is 17.9 Å². The molecule has 0 aromatic heterocycles. The Bertz CT molecular complexity index is 505. The van der Waals surface area contributed by atoms with Gasteiger partial charge in [-0.15, -0.1) is 0 Å². The van der Waals surface area contributed by atoms with Crippen molar-refractivity contribution in [3.05, 3.63) is 11.8 Å². The van der Waals surface area contributed by atoms with Gasteiger partial charge in [0.15, 0.2) is 24.1 Å². The van der Waals surface area contributed by atoms with Gasteiger partial charge in [0.25, 0.3) is 0 Å². The highest BCUT2D eigenvalue weighted by Crippen LogP contribution is 2.23. The van der Waals surface area contributed by atoms with Crippen LogP contribution in [-0.4, -0.2) is 42.8 Å². The smallest absolute Gasteiger partial charge is 0.303 e. The second-order valence-electron chi connectivity index (χ2n) is 4.25. The average molecular weight is 297 g/mol. The molecule has 0 N–H and O–H groups in total. The first-order valence-corrected chi connectivity index (χ1v) is 6.10. The number of ether oxygens (including phenoxy) is 4. The summed E-state index contributed by atoms with van der Waals surface area (Å²) in [4.78, 5) is 33.2. The van der Waals surface area contributed by atoms with E-state index in [0.717, 1.165) is 0 Å². The minimum Gasteiger partial charge on any atom is -0.473 e. The van der Waals surface area contributed by atoms with Crippen LogP contribution >= 0.6 is 0 Å². The van der Waals surface area contributed by atoms with Gasteiger partial charge < -0.3 is 18.9 Å². The first-order chi connectivity index (χ1) is 9.83. The van der Waals surface area contributed by atoms with Gasteiger partial charge in [0.1, 0.15) is 12.7 Å². The van der Waals surface area contributed by atoms with E-state index < -0.39 is 36.2 Å². The molecule has 8 nitrogen and oxygen atoms in total. The zero-order valence-corrected chi connectivity index (χ0v) is 11.8. The van der Waals surface area contributed by atoms with Crippen LogP contribution in [0.2, 0.25) is 0 Å². The lowest BCUT2D eigenvalue weighted by Gasteiger charge is -2.34. The summed E-state index contributed by atoms with van der Waals surface area (Å²) in [6, 6.07) is 1.77. The summed E-state index contributed by atoms with van der Waals surface area (Å²) >= 11 is 0. The molecule has 1 rings (SSSR count). The van der Waals surface area contributed by atoms with E-state index in [-0.39, 0.29) is 12.4 Å². The van der Waals surface area contributed by atoms with Crippen molar-refractivity contribution in [1.82, 2.24) is 0 Å². The fourth-order valence-electron chi connectivity index (χ4n) is 1.74. The molecule has 0 saturated heterocycles. The van der Waals surface area contributed by atoms with Crippen LogP contribution in [0.3, 0.4) is 0 Å². The van der Waals surface area contributed by atoms with Crippen LogP contribution < -0.4 is 0 Å². The highest BCUT2D eigenvalue weighted by atomic mass is 16.6. The number of nitriles is 1. The molecule has 0 radical (unpaired) electrons. The molecule has 1 aliphatic heterocycles. The van der Waals surface area contributed by atoms with E-state index in [2.05, 4.69) is 0 Å². The third-order valence-electron chi connectivity index (χ3n) is 2.45. The summed E-state index contributed by atoms with van der Waals surface area (Å²) in [5.41, 5.74) is 0. The standard InChI is InChI=1S/C13H15NO7/c1-7(15)18-6-12-13(20-9(3)17)11(19-8(2)16)4-10(5-14)21-12/h4,11-13H,6H2,1-3H3/t11-,12-,13-/m0/s1. The SMILES string of the molecule is CC(=O)OC[C@@H]1OC(C#N)=C[C@H](OC(C)=O)[C@@H]1OC(C)=O. The van der Waals surface area contributed by atoms with E-state index in [4.69, 9.17) is 24.2 Å². The summed E-state index contributed by atoms with van der Waals surface area (Å²) in [6.45, 7) is 3.32. The molecule has 3 atom stereocenters. The number of hydrogen-bond acceptors (Lipinski definition) is 8. The number of esters is 3. The van der Waals surface area contributed by atoms with Crippen molar-refractivity contribution in [2.75, 3.05) is 6.61 Å². The molecule has 0 fully saturated rings. The monoisotopic (exact) mass is 297 g/mol. The topological polar surface area (TPSA) is 112 Å². The van der Waals surface area contributed by atoms with Gasteiger partial charge in [-0.3, -0.25) is 14.4 Å². The van der Waals surface area contributed by atoms with Crippen LogP contribution in [0, 0.1) is 11.3 Å². The maximum Gasteiger partial charge on any atom is 0.303 e. The fraction of sp³-hybridized carbons (Fsp3) is 0.538. The number of nitrogens with zero attached hydrogens (tertiary/aromatic N) is 1. The van der Waals surface area contributed by atoms with Crippen molar-refractivity contribution in [1.29, 1.82) is 5.26 Å². The minimum absolute atomic E-state index is 0.109. The molecule has 8 heteroatoms. The molecule has 0 bridgehead atoms. The fourth-order valence-corrected chi connectivity index (χ4v) is 1.74. The maximum absolute atomic E-state index is 11.2. The molecule has 1 heterocycles. The van der Waals surface area contributed by atoms with Gasteiger partial charge in [-0.25, -0.2) is 0 Å². The Labute approximate surface area is 121 Å². The van der Waals surface area contributed by atoms with Gasteiger partial charge in [-0.1, -0.05) is 0 Å². The van der Waals surface area contributed by atoms with Crippen molar-refractivity contribution in [3.8, 4) is 6.07 Å². The van der Waals surface area contributed by atoms with E-state index in [1.54, 1.807) is 6.07 Å². The third-order valence-corrected chi connectivity index (χ3v) is 2.45. The Morgan fingerprint density at radius 2 is 1.81 bits per heavy atom. The normalized spacial score (nSPS) is 23.9. The molecule has 1 aliphatic rings. The van der Waals surface area contributed by atoms with Crippen LogP contribution in [0.1, 0.15) is 20.8 Å². The Morgan fingerprint density at radius 1 is 1.19 bits per heavy atom. The minimum atomic E-state index is -1.01. The Balaban J connectivity index is 2.99. The van der Waals surface area contributed by atoms with E-state index in [1.807, 2.05) is 0 Å². The molecule has 0 aromatic rings. The lowest BCUT2D eigenvalue weighted by molar-refractivity contribution is -0.180. The van der Waals surface area contributed by atoms with E-state index in [9.17, 15) is 14.4 Å². The molecular weight excluding hydrogens is 282 g/mol. The lowest BCUT2D eigenvalue weighted by Crippen LogP contribution is -2.48. The molecule has 0 amide bonds. The van der Waals surface area contributed by atoms with Crippen LogP contribution in [0.15, 0.2) is 11.8 Å². The molecule has 0 saturated carbocycles. The zero-order chi connectivity index (χ0) is 16.0. The number of rotatable bonds is 4. The van der Waals surface area contributed by atoms with Gasteiger partial charge in [0.05, 0.1) is 0 Å². The summed E-state index contributed by atoms with van der Waals surface area (Å²) < 4.78 is 20.1. The van der Waals surface area contributed by atoms with Crippen LogP contribution in [0.5, 0.6) is 0 Å². The summed E-state index contributed by atoms with van der Waals surface area (Å²) in [7, 11) is 0. The highest BCUT2D eigenvalue weighted by molar-refractivity contribution is 5.68. The first-order valence-electron chi connectivity index (χ1n) is 6.10. The number of hydrogen-bond donors (Lipinski definition) is 0. The molecule has 0 unspecified atom stereocenters. The molecule has 0 aromatic carbocycles. The van der Waals surface area contributed by atoms with Crippen molar-refractivity contribution >= 4 is 17.9 Å². The molecule has 114 valence electrons. The van der Waals surface area contributed by atoms with Crippen molar-refractivity contribution in [3.63, 3.8) is 0 Å². The van der Waals surface area contributed by atoms with E-state index >= 15 is 0 Å². The predicted octanol–water partition coefficient (Wildman–Crippen LogP) is 0.219. The van der Waals surface area contributed by atoms with Gasteiger partial charge in [-0.05, 0) is 0 Å². The number of carbonyl (C=O) groups is 3. The summed E-state index contributed by atoms with van der Waals surface area (Å²) in [5.74, 6) is -1.90. The van der Waals surface area contributed by atoms with Crippen molar-refractivity contribution in [2.45, 2.75) is 39.1 Å². The summed E-state index contributed by atoms with van der Waals surface area (Å²) in [5, 5.41) is 8.91. The molecule has 0 aliphatic carbocycles. The molecule has 0 spiro atoms. The van der Waals surface area contributed by atoms with Crippen LogP contribution in [0.4, 0.5) is 0 Å². The quantitative estimate of drug-likeness (QED) is 0.535. The predicted molar refractivity (Wildman–Crippen MR) is 66.3 cm³/mol. The Kier molecular flexibility index (Phi) is 5.72. The van der Waals surface area contributed by atoms with Crippen molar-refractivity contribution < 1.29 is 33.3 Å². The Morgan fingerprint density at radius 3 is 2.29 bits per heavy atom. The van der Waals surface area contributed by atoms with Crippen LogP contribution in [0.25, 0.3) is 0 Å². The third kappa shape index (κ3) is 5.14. The largest absolute Gasteiger partial charge is 0.473 e. The second-order valence-corrected chi connectivity index (χ2v) is 4.25. The van der Waals surface area contributed by atoms with Gasteiger partial charge in [0, 0.05) is 26.8 Å². The molecule has 21 heavy (non-hydrogen) atoms. The molecular formula is C13H15NO7. The zero-order valence-electron chi connectivity index (χ0n) is 11.8. The second kappa shape index (κ2) is 7.28. The number of carbonyl (C=O) groups excluding carboxylic acids is 3. The highest BCUT2D eigenvalue weighted by Gasteiger charge is 2.40. The first kappa shape index (κ1) is 16.5.